The number of carbonyl (C=O) groups excluding carboxylic acids is 1. The lowest BCUT2D eigenvalue weighted by molar-refractivity contribution is -0.118. The lowest BCUT2D eigenvalue weighted by Gasteiger charge is -2.25. The largest absolute Gasteiger partial charge is 0.317 e. The van der Waals surface area contributed by atoms with E-state index in [1.165, 1.54) is 16.1 Å². The normalized spacial score (nSPS) is 22.1. The minimum absolute atomic E-state index is 0. The fourth-order valence-electron chi connectivity index (χ4n) is 4.67. The maximum atomic E-state index is 12.7. The van der Waals surface area contributed by atoms with Crippen molar-refractivity contribution in [3.63, 3.8) is 0 Å². The van der Waals surface area contributed by atoms with Gasteiger partial charge in [-0.1, -0.05) is 30.3 Å². The van der Waals surface area contributed by atoms with E-state index >= 15 is 0 Å². The summed E-state index contributed by atoms with van der Waals surface area (Å²) in [6, 6.07) is 10.6. The van der Waals surface area contributed by atoms with Crippen molar-refractivity contribution in [1.82, 2.24) is 15.2 Å². The third-order valence-corrected chi connectivity index (χ3v) is 7.39. The SMILES string of the molecule is Cl.Cl.O=C(Nc1nc2c(s1)CN(Cc1ccccc1)CC2)C1CC12CCNCC2. The molecule has 5 rings (SSSR count). The lowest BCUT2D eigenvalue weighted by atomic mass is 9.92. The average molecular weight is 455 g/mol. The maximum Gasteiger partial charge on any atom is 0.229 e. The molecule has 1 aromatic carbocycles. The van der Waals surface area contributed by atoms with Gasteiger partial charge in [-0.25, -0.2) is 4.98 Å². The Labute approximate surface area is 188 Å². The minimum Gasteiger partial charge on any atom is -0.317 e. The van der Waals surface area contributed by atoms with Crippen LogP contribution in [0.2, 0.25) is 0 Å². The fourth-order valence-corrected chi connectivity index (χ4v) is 5.72. The number of hydrogen-bond donors (Lipinski definition) is 2. The molecule has 1 saturated carbocycles. The highest BCUT2D eigenvalue weighted by Crippen LogP contribution is 2.58. The summed E-state index contributed by atoms with van der Waals surface area (Å²) in [5, 5.41) is 7.32. The summed E-state index contributed by atoms with van der Waals surface area (Å²) in [6.45, 7) is 5.02. The summed E-state index contributed by atoms with van der Waals surface area (Å²) in [6.07, 6.45) is 4.28. The number of piperidine rings is 1. The molecule has 3 heterocycles. The van der Waals surface area contributed by atoms with Crippen molar-refractivity contribution >= 4 is 47.2 Å². The molecule has 1 spiro atoms. The molecule has 2 N–H and O–H groups in total. The van der Waals surface area contributed by atoms with Gasteiger partial charge >= 0.3 is 0 Å². The molecule has 1 saturated heterocycles. The Morgan fingerprint density at radius 3 is 2.76 bits per heavy atom. The number of hydrogen-bond acceptors (Lipinski definition) is 5. The Bertz CT molecular complexity index is 838. The molecule has 0 bridgehead atoms. The Kier molecular flexibility index (Phi) is 7.23. The Hall–Kier alpha value is -1.18. The molecule has 1 aromatic heterocycles. The first kappa shape index (κ1) is 22.5. The van der Waals surface area contributed by atoms with Crippen LogP contribution in [-0.4, -0.2) is 35.4 Å². The molecule has 158 valence electrons. The number of nitrogens with zero attached hydrogens (tertiary/aromatic N) is 2. The van der Waals surface area contributed by atoms with Crippen LogP contribution in [0.15, 0.2) is 30.3 Å². The molecule has 1 aliphatic carbocycles. The van der Waals surface area contributed by atoms with Gasteiger partial charge < -0.3 is 10.6 Å². The molecule has 2 aromatic rings. The second-order valence-electron chi connectivity index (χ2n) is 8.19. The first-order valence-electron chi connectivity index (χ1n) is 9.98. The van der Waals surface area contributed by atoms with Crippen molar-refractivity contribution in [3.05, 3.63) is 46.5 Å². The van der Waals surface area contributed by atoms with Crippen molar-refractivity contribution in [1.29, 1.82) is 0 Å². The zero-order valence-corrected chi connectivity index (χ0v) is 18.8. The van der Waals surface area contributed by atoms with Gasteiger partial charge in [0.05, 0.1) is 5.69 Å². The number of benzene rings is 1. The van der Waals surface area contributed by atoms with Crippen molar-refractivity contribution < 1.29 is 4.79 Å². The van der Waals surface area contributed by atoms with Gasteiger partial charge in [-0.2, -0.15) is 0 Å². The predicted molar refractivity (Wildman–Crippen MR) is 122 cm³/mol. The van der Waals surface area contributed by atoms with Gasteiger partial charge in [0.15, 0.2) is 5.13 Å². The molecule has 1 unspecified atom stereocenters. The fraction of sp³-hybridized carbons (Fsp3) is 0.524. The zero-order valence-electron chi connectivity index (χ0n) is 16.4. The summed E-state index contributed by atoms with van der Waals surface area (Å²) in [7, 11) is 0. The van der Waals surface area contributed by atoms with Gasteiger partial charge in [0, 0.05) is 36.9 Å². The highest BCUT2D eigenvalue weighted by molar-refractivity contribution is 7.15. The molecule has 29 heavy (non-hydrogen) atoms. The van der Waals surface area contributed by atoms with Crippen molar-refractivity contribution in [2.45, 2.75) is 38.8 Å². The number of carbonyl (C=O) groups is 1. The van der Waals surface area contributed by atoms with E-state index in [1.807, 2.05) is 0 Å². The van der Waals surface area contributed by atoms with Gasteiger partial charge in [-0.05, 0) is 43.3 Å². The van der Waals surface area contributed by atoms with Crippen LogP contribution in [0.5, 0.6) is 0 Å². The van der Waals surface area contributed by atoms with Gasteiger partial charge in [-0.15, -0.1) is 36.2 Å². The Morgan fingerprint density at radius 2 is 2.00 bits per heavy atom. The number of thiazole rings is 1. The Morgan fingerprint density at radius 1 is 1.24 bits per heavy atom. The van der Waals surface area contributed by atoms with Gasteiger partial charge in [-0.3, -0.25) is 9.69 Å². The standard InChI is InChI=1S/C21H26N4OS.2ClH/c26-19(16-12-21(16)7-9-22-10-8-21)24-20-23-17-6-11-25(14-18(17)27-20)13-15-4-2-1-3-5-15;;/h1-5,16,22H,6-14H2,(H,23,24,26);2*1H. The number of anilines is 1. The van der Waals surface area contributed by atoms with E-state index in [0.717, 1.165) is 63.5 Å². The van der Waals surface area contributed by atoms with Crippen molar-refractivity contribution in [2.75, 3.05) is 25.0 Å². The van der Waals surface area contributed by atoms with Crippen LogP contribution in [-0.2, 0) is 24.3 Å². The van der Waals surface area contributed by atoms with Crippen LogP contribution >= 0.6 is 36.2 Å². The average Bonchev–Trinajstić information content (AvgIpc) is 3.22. The second-order valence-corrected chi connectivity index (χ2v) is 9.28. The number of amides is 1. The lowest BCUT2D eigenvalue weighted by Crippen LogP contribution is -2.31. The Balaban J connectivity index is 0.00000120. The van der Waals surface area contributed by atoms with E-state index in [4.69, 9.17) is 4.98 Å². The predicted octanol–water partition coefficient (Wildman–Crippen LogP) is 3.87. The number of fused-ring (bicyclic) bond motifs is 1. The van der Waals surface area contributed by atoms with Crippen molar-refractivity contribution in [2.24, 2.45) is 11.3 Å². The molecule has 5 nitrogen and oxygen atoms in total. The zero-order chi connectivity index (χ0) is 18.3. The summed E-state index contributed by atoms with van der Waals surface area (Å²) < 4.78 is 0. The number of aromatic nitrogens is 1. The van der Waals surface area contributed by atoms with E-state index in [9.17, 15) is 4.79 Å². The van der Waals surface area contributed by atoms with E-state index in [0.29, 0.717) is 0 Å². The van der Waals surface area contributed by atoms with E-state index in [2.05, 4.69) is 45.9 Å². The molecule has 8 heteroatoms. The summed E-state index contributed by atoms with van der Waals surface area (Å²) in [4.78, 5) is 21.2. The molecule has 2 fully saturated rings. The van der Waals surface area contributed by atoms with Crippen molar-refractivity contribution in [3.8, 4) is 0 Å². The van der Waals surface area contributed by atoms with Crippen LogP contribution in [0.3, 0.4) is 0 Å². The van der Waals surface area contributed by atoms with Crippen LogP contribution in [0, 0.1) is 11.3 Å². The quantitative estimate of drug-likeness (QED) is 0.735. The second kappa shape index (κ2) is 9.31. The molecule has 1 atom stereocenters. The topological polar surface area (TPSA) is 57.3 Å². The summed E-state index contributed by atoms with van der Waals surface area (Å²) in [5.74, 6) is 0.374. The molecule has 2 aliphatic heterocycles. The van der Waals surface area contributed by atoms with E-state index in [-0.39, 0.29) is 42.1 Å². The third kappa shape index (κ3) is 4.78. The maximum absolute atomic E-state index is 12.7. The molecule has 1 amide bonds. The smallest absolute Gasteiger partial charge is 0.229 e. The van der Waals surface area contributed by atoms with Gasteiger partial charge in [0.2, 0.25) is 5.91 Å². The monoisotopic (exact) mass is 454 g/mol. The molecule has 3 aliphatic rings. The minimum atomic E-state index is 0. The molecule has 0 radical (unpaired) electrons. The van der Waals surface area contributed by atoms with Crippen LogP contribution in [0.25, 0.3) is 0 Å². The number of rotatable bonds is 4. The van der Waals surface area contributed by atoms with Gasteiger partial charge in [0.25, 0.3) is 0 Å². The van der Waals surface area contributed by atoms with Gasteiger partial charge in [0.1, 0.15) is 0 Å². The van der Waals surface area contributed by atoms with E-state index in [1.54, 1.807) is 11.3 Å². The van der Waals surface area contributed by atoms with Crippen LogP contribution in [0.1, 0.15) is 35.4 Å². The number of halogens is 2. The first-order chi connectivity index (χ1) is 13.2. The van der Waals surface area contributed by atoms with Crippen LogP contribution in [0.4, 0.5) is 5.13 Å². The molecular weight excluding hydrogens is 427 g/mol. The highest BCUT2D eigenvalue weighted by Gasteiger charge is 2.57. The highest BCUT2D eigenvalue weighted by atomic mass is 35.5. The summed E-state index contributed by atoms with van der Waals surface area (Å²) in [5.41, 5.74) is 2.80. The van der Waals surface area contributed by atoms with E-state index < -0.39 is 0 Å². The third-order valence-electron chi connectivity index (χ3n) is 6.39. The van der Waals surface area contributed by atoms with Crippen LogP contribution < -0.4 is 10.6 Å². The summed E-state index contributed by atoms with van der Waals surface area (Å²) >= 11 is 1.66. The first-order valence-corrected chi connectivity index (χ1v) is 10.8. The molecular formula is C21H28Cl2N4OS. The number of nitrogens with one attached hydrogen (secondary N) is 2.